The van der Waals surface area contributed by atoms with Gasteiger partial charge in [-0.2, -0.15) is 0 Å². The normalized spacial score (nSPS) is 12.4. The summed E-state index contributed by atoms with van der Waals surface area (Å²) in [5, 5.41) is 0. The van der Waals surface area contributed by atoms with Gasteiger partial charge in [0, 0.05) is 17.2 Å². The molecule has 0 radical (unpaired) electrons. The number of benzene rings is 1. The average Bonchev–Trinajstić information content (AvgIpc) is 2.37. The number of nitrogens with two attached hydrogens (primary N) is 1. The van der Waals surface area contributed by atoms with Gasteiger partial charge in [-0.3, -0.25) is 0 Å². The van der Waals surface area contributed by atoms with Crippen molar-refractivity contribution >= 4 is 15.7 Å². The number of nitrogen functional groups attached to an aromatic ring is 1. The molecule has 0 unspecified atom stereocenters. The van der Waals surface area contributed by atoms with Crippen LogP contribution in [0, 0.1) is 0 Å². The monoisotopic (exact) mass is 305 g/mol. The lowest BCUT2D eigenvalue weighted by molar-refractivity contribution is 0.569. The molecule has 5 nitrogen and oxygen atoms in total. The van der Waals surface area contributed by atoms with Gasteiger partial charge in [0.2, 0.25) is 0 Å². The molecule has 0 aliphatic rings. The first-order valence-electron chi connectivity index (χ1n) is 6.52. The highest BCUT2D eigenvalue weighted by atomic mass is 32.2. The Morgan fingerprint density at radius 1 is 1.19 bits per heavy atom. The number of anilines is 1. The van der Waals surface area contributed by atoms with E-state index in [4.69, 9.17) is 5.73 Å². The minimum Gasteiger partial charge on any atom is -0.382 e. The summed E-state index contributed by atoms with van der Waals surface area (Å²) >= 11 is 0. The molecule has 0 aliphatic carbocycles. The summed E-state index contributed by atoms with van der Waals surface area (Å²) in [5.74, 6) is 0.394. The van der Waals surface area contributed by atoms with E-state index in [0.29, 0.717) is 22.8 Å². The van der Waals surface area contributed by atoms with Gasteiger partial charge in [0.25, 0.3) is 0 Å². The third-order valence-corrected chi connectivity index (χ3v) is 4.18. The molecule has 112 valence electrons. The lowest BCUT2D eigenvalue weighted by atomic mass is 9.91. The van der Waals surface area contributed by atoms with Gasteiger partial charge in [-0.15, -0.1) is 0 Å². The quantitative estimate of drug-likeness (QED) is 0.921. The summed E-state index contributed by atoms with van der Waals surface area (Å²) in [6.45, 7) is 6.01. The summed E-state index contributed by atoms with van der Waals surface area (Å²) in [6, 6.07) is 6.66. The van der Waals surface area contributed by atoms with Crippen LogP contribution in [0.1, 0.15) is 26.5 Å². The fourth-order valence-corrected chi connectivity index (χ4v) is 2.64. The topological polar surface area (TPSA) is 85.9 Å². The highest BCUT2D eigenvalue weighted by Crippen LogP contribution is 2.28. The van der Waals surface area contributed by atoms with Crippen molar-refractivity contribution in [1.29, 1.82) is 0 Å². The van der Waals surface area contributed by atoms with Crippen molar-refractivity contribution in [1.82, 2.24) is 9.97 Å². The lowest BCUT2D eigenvalue weighted by Gasteiger charge is -2.19. The van der Waals surface area contributed by atoms with E-state index >= 15 is 0 Å². The van der Waals surface area contributed by atoms with Gasteiger partial charge in [-0.05, 0) is 12.1 Å². The van der Waals surface area contributed by atoms with E-state index in [1.165, 1.54) is 6.26 Å². The number of rotatable bonds is 2. The molecule has 0 bridgehead atoms. The maximum atomic E-state index is 11.6. The first kappa shape index (κ1) is 15.4. The van der Waals surface area contributed by atoms with Gasteiger partial charge < -0.3 is 5.73 Å². The molecule has 2 aromatic rings. The molecule has 6 heteroatoms. The Balaban J connectivity index is 2.58. The lowest BCUT2D eigenvalue weighted by Crippen LogP contribution is -2.17. The number of hydrogen-bond acceptors (Lipinski definition) is 5. The van der Waals surface area contributed by atoms with Gasteiger partial charge >= 0.3 is 0 Å². The Morgan fingerprint density at radius 3 is 2.43 bits per heavy atom. The van der Waals surface area contributed by atoms with Gasteiger partial charge in [-0.1, -0.05) is 32.9 Å². The van der Waals surface area contributed by atoms with Gasteiger partial charge in [0.15, 0.2) is 9.84 Å². The predicted octanol–water partition coefficient (Wildman–Crippen LogP) is 2.43. The molecule has 21 heavy (non-hydrogen) atoms. The number of hydrogen-bond donors (Lipinski definition) is 1. The smallest absolute Gasteiger partial charge is 0.175 e. The fraction of sp³-hybridized carbons (Fsp3) is 0.333. The molecule has 0 atom stereocenters. The average molecular weight is 305 g/mol. The SMILES string of the molecule is CC(C)(C)c1nc(-c2cccc(S(C)(=O)=O)c2)cnc1N. The number of aromatic nitrogens is 2. The van der Waals surface area contributed by atoms with Gasteiger partial charge in [0.1, 0.15) is 5.82 Å². The molecule has 0 fully saturated rings. The Hall–Kier alpha value is -1.95. The predicted molar refractivity (Wildman–Crippen MR) is 83.7 cm³/mol. The zero-order valence-corrected chi connectivity index (χ0v) is 13.4. The van der Waals surface area contributed by atoms with Crippen LogP contribution in [0.3, 0.4) is 0 Å². The van der Waals surface area contributed by atoms with E-state index in [0.717, 1.165) is 0 Å². The minimum absolute atomic E-state index is 0.235. The van der Waals surface area contributed by atoms with Crippen LogP contribution in [0.5, 0.6) is 0 Å². The molecule has 0 saturated heterocycles. The zero-order valence-electron chi connectivity index (χ0n) is 12.6. The molecular formula is C15H19N3O2S. The van der Waals surface area contributed by atoms with Crippen molar-refractivity contribution in [3.63, 3.8) is 0 Å². The summed E-state index contributed by atoms with van der Waals surface area (Å²) in [4.78, 5) is 8.99. The van der Waals surface area contributed by atoms with E-state index < -0.39 is 9.84 Å². The second-order valence-corrected chi connectivity index (χ2v) is 8.05. The van der Waals surface area contributed by atoms with Crippen LogP contribution in [-0.4, -0.2) is 24.6 Å². The van der Waals surface area contributed by atoms with Crippen LogP contribution in [0.2, 0.25) is 0 Å². The summed E-state index contributed by atoms with van der Waals surface area (Å²) in [7, 11) is -3.25. The number of sulfone groups is 1. The van der Waals surface area contributed by atoms with E-state index in [-0.39, 0.29) is 10.3 Å². The minimum atomic E-state index is -3.25. The molecule has 0 amide bonds. The Labute approximate surface area is 125 Å². The van der Waals surface area contributed by atoms with Crippen molar-refractivity contribution in [3.8, 4) is 11.3 Å². The molecule has 0 aliphatic heterocycles. The molecule has 0 spiro atoms. The summed E-state index contributed by atoms with van der Waals surface area (Å²) in [6.07, 6.45) is 2.74. The van der Waals surface area contributed by atoms with Crippen molar-refractivity contribution in [3.05, 3.63) is 36.2 Å². The highest BCUT2D eigenvalue weighted by molar-refractivity contribution is 7.90. The third-order valence-electron chi connectivity index (χ3n) is 3.07. The zero-order chi connectivity index (χ0) is 15.8. The maximum Gasteiger partial charge on any atom is 0.175 e. The Bertz CT molecular complexity index is 778. The van der Waals surface area contributed by atoms with Crippen LogP contribution < -0.4 is 5.73 Å². The van der Waals surface area contributed by atoms with Crippen molar-refractivity contribution in [2.24, 2.45) is 0 Å². The van der Waals surface area contributed by atoms with Crippen molar-refractivity contribution < 1.29 is 8.42 Å². The maximum absolute atomic E-state index is 11.6. The molecule has 2 N–H and O–H groups in total. The number of nitrogens with zero attached hydrogens (tertiary/aromatic N) is 2. The molecule has 0 saturated carbocycles. The standard InChI is InChI=1S/C15H19N3O2S/c1-15(2,3)13-14(16)17-9-12(18-13)10-6-5-7-11(8-10)21(4,19)20/h5-9H,1-4H3,(H2,16,17). The first-order chi connectivity index (χ1) is 9.59. The summed E-state index contributed by atoms with van der Waals surface area (Å²) in [5.41, 5.74) is 7.66. The molecular weight excluding hydrogens is 286 g/mol. The van der Waals surface area contributed by atoms with Gasteiger partial charge in [0.05, 0.1) is 22.5 Å². The van der Waals surface area contributed by atoms with Gasteiger partial charge in [-0.25, -0.2) is 18.4 Å². The third kappa shape index (κ3) is 3.39. The second kappa shape index (κ2) is 5.11. The van der Waals surface area contributed by atoms with Crippen LogP contribution in [0.4, 0.5) is 5.82 Å². The van der Waals surface area contributed by atoms with E-state index in [2.05, 4.69) is 9.97 Å². The van der Waals surface area contributed by atoms with E-state index in [1.807, 2.05) is 20.8 Å². The van der Waals surface area contributed by atoms with Crippen LogP contribution >= 0.6 is 0 Å². The van der Waals surface area contributed by atoms with E-state index in [1.54, 1.807) is 30.5 Å². The molecule has 2 rings (SSSR count). The summed E-state index contributed by atoms with van der Waals surface area (Å²) < 4.78 is 23.3. The molecule has 1 aromatic heterocycles. The second-order valence-electron chi connectivity index (χ2n) is 6.04. The van der Waals surface area contributed by atoms with Crippen molar-refractivity contribution in [2.45, 2.75) is 31.1 Å². The van der Waals surface area contributed by atoms with Crippen LogP contribution in [-0.2, 0) is 15.3 Å². The van der Waals surface area contributed by atoms with E-state index in [9.17, 15) is 8.42 Å². The fourth-order valence-electron chi connectivity index (χ4n) is 1.98. The van der Waals surface area contributed by atoms with Crippen LogP contribution in [0.25, 0.3) is 11.3 Å². The largest absolute Gasteiger partial charge is 0.382 e. The molecule has 1 heterocycles. The van der Waals surface area contributed by atoms with Crippen LogP contribution in [0.15, 0.2) is 35.4 Å². The first-order valence-corrected chi connectivity index (χ1v) is 8.41. The Kier molecular flexibility index (Phi) is 3.76. The molecule has 1 aromatic carbocycles. The Morgan fingerprint density at radius 2 is 1.86 bits per heavy atom. The highest BCUT2D eigenvalue weighted by Gasteiger charge is 2.21. The van der Waals surface area contributed by atoms with Crippen molar-refractivity contribution in [2.75, 3.05) is 12.0 Å².